The van der Waals surface area contributed by atoms with Crippen LogP contribution in [-0.4, -0.2) is 44.6 Å². The number of aliphatic imine (C=N–C) groups is 1. The van der Waals surface area contributed by atoms with Gasteiger partial charge in [0, 0.05) is 35.2 Å². The highest BCUT2D eigenvalue weighted by Crippen LogP contribution is 2.69. The normalized spacial score (nSPS) is 28.6. The number of carbonyl (C=O) groups is 1. The van der Waals surface area contributed by atoms with E-state index >= 15 is 0 Å². The molecule has 0 radical (unpaired) electrons. The zero-order valence-electron chi connectivity index (χ0n) is 18.8. The van der Waals surface area contributed by atoms with Crippen molar-refractivity contribution in [1.29, 1.82) is 0 Å². The van der Waals surface area contributed by atoms with Gasteiger partial charge in [0.25, 0.3) is 0 Å². The maximum Gasteiger partial charge on any atom is 0.309 e. The number of carbonyl (C=O) groups excluding carboxylic acids is 1. The van der Waals surface area contributed by atoms with Crippen LogP contribution in [0.15, 0.2) is 52.4 Å². The van der Waals surface area contributed by atoms with Gasteiger partial charge in [0.05, 0.1) is 23.1 Å². The first kappa shape index (κ1) is 22.6. The van der Waals surface area contributed by atoms with Crippen molar-refractivity contribution in [2.75, 3.05) is 19.7 Å². The Balaban J connectivity index is 1.59. The fourth-order valence-electron chi connectivity index (χ4n) is 5.73. The van der Waals surface area contributed by atoms with Crippen LogP contribution in [0.25, 0.3) is 0 Å². The molecule has 2 aliphatic heterocycles. The van der Waals surface area contributed by atoms with Crippen molar-refractivity contribution in [3.05, 3.63) is 58.6 Å². The highest BCUT2D eigenvalue weighted by atomic mass is 35.5. The van der Waals surface area contributed by atoms with Gasteiger partial charge >= 0.3 is 5.97 Å². The van der Waals surface area contributed by atoms with Gasteiger partial charge in [0.2, 0.25) is 10.0 Å². The number of esters is 1. The highest BCUT2D eigenvalue weighted by Gasteiger charge is 2.72. The first-order valence-electron chi connectivity index (χ1n) is 11.3. The zero-order valence-corrected chi connectivity index (χ0v) is 20.3. The van der Waals surface area contributed by atoms with E-state index in [1.54, 1.807) is 23.4 Å². The number of fused-ring (bicyclic) bond motifs is 3. The third kappa shape index (κ3) is 3.44. The summed E-state index contributed by atoms with van der Waals surface area (Å²) in [6.07, 6.45) is 3.85. The van der Waals surface area contributed by atoms with Crippen molar-refractivity contribution in [2.45, 2.75) is 43.4 Å². The van der Waals surface area contributed by atoms with Crippen LogP contribution in [-0.2, 0) is 25.0 Å². The number of halogens is 1. The third-order valence-corrected chi connectivity index (χ3v) is 9.59. The van der Waals surface area contributed by atoms with E-state index < -0.39 is 20.9 Å². The summed E-state index contributed by atoms with van der Waals surface area (Å²) >= 11 is 6.37. The molecule has 174 valence electrons. The predicted molar refractivity (Wildman–Crippen MR) is 128 cm³/mol. The van der Waals surface area contributed by atoms with Gasteiger partial charge in [-0.1, -0.05) is 29.3 Å². The van der Waals surface area contributed by atoms with Crippen LogP contribution in [0.4, 0.5) is 5.69 Å². The van der Waals surface area contributed by atoms with E-state index in [2.05, 4.69) is 4.99 Å². The molecule has 0 unspecified atom stereocenters. The number of ether oxygens (including phenoxy) is 1. The van der Waals surface area contributed by atoms with Gasteiger partial charge < -0.3 is 4.74 Å². The largest absolute Gasteiger partial charge is 0.466 e. The van der Waals surface area contributed by atoms with E-state index in [0.717, 1.165) is 16.8 Å². The minimum absolute atomic E-state index is 0.241. The summed E-state index contributed by atoms with van der Waals surface area (Å²) in [6.45, 7) is 4.64. The highest BCUT2D eigenvalue weighted by molar-refractivity contribution is 7.89. The summed E-state index contributed by atoms with van der Waals surface area (Å²) in [5.41, 5.74) is 1.65. The average Bonchev–Trinajstić information content (AvgIpc) is 3.45. The van der Waals surface area contributed by atoms with Crippen molar-refractivity contribution in [3.63, 3.8) is 0 Å². The number of hydrogen-bond donors (Lipinski definition) is 0. The SMILES string of the molecule is CCOC(=O)[C@H]1C[C@@]12CN(S(=O)(=O)c1ccc(C)cc1)CCC[C@@]21C=Nc2ccc(Cl)cc21. The van der Waals surface area contributed by atoms with Crippen molar-refractivity contribution in [1.82, 2.24) is 4.31 Å². The van der Waals surface area contributed by atoms with Gasteiger partial charge in [0.1, 0.15) is 0 Å². The molecule has 0 N–H and O–H groups in total. The second-order valence-electron chi connectivity index (χ2n) is 9.31. The second-order valence-corrected chi connectivity index (χ2v) is 11.7. The number of hydrogen-bond acceptors (Lipinski definition) is 5. The Kier molecular flexibility index (Phi) is 5.42. The molecule has 1 saturated carbocycles. The summed E-state index contributed by atoms with van der Waals surface area (Å²) in [6, 6.07) is 12.6. The van der Waals surface area contributed by atoms with E-state index in [1.807, 2.05) is 43.5 Å². The summed E-state index contributed by atoms with van der Waals surface area (Å²) < 4.78 is 34.2. The van der Waals surface area contributed by atoms with Crippen LogP contribution < -0.4 is 0 Å². The molecule has 1 saturated heterocycles. The van der Waals surface area contributed by atoms with Crippen LogP contribution in [0.5, 0.6) is 0 Å². The lowest BCUT2D eigenvalue weighted by molar-refractivity contribution is -0.146. The Morgan fingerprint density at radius 3 is 2.73 bits per heavy atom. The van der Waals surface area contributed by atoms with Crippen molar-refractivity contribution in [3.8, 4) is 0 Å². The maximum absolute atomic E-state index is 13.6. The lowest BCUT2D eigenvalue weighted by Crippen LogP contribution is -2.45. The first-order chi connectivity index (χ1) is 15.7. The molecule has 0 amide bonds. The third-order valence-electron chi connectivity index (χ3n) is 7.49. The number of rotatable bonds is 4. The summed E-state index contributed by atoms with van der Waals surface area (Å²) in [5, 5.41) is 0.607. The zero-order chi connectivity index (χ0) is 23.4. The van der Waals surface area contributed by atoms with Crippen molar-refractivity contribution in [2.24, 2.45) is 16.3 Å². The Morgan fingerprint density at radius 1 is 1.24 bits per heavy atom. The number of aryl methyl sites for hydroxylation is 1. The minimum Gasteiger partial charge on any atom is -0.466 e. The Hall–Kier alpha value is -2.22. The van der Waals surface area contributed by atoms with Crippen LogP contribution >= 0.6 is 11.6 Å². The molecule has 0 aromatic heterocycles. The fourth-order valence-corrected chi connectivity index (χ4v) is 7.45. The van der Waals surface area contributed by atoms with E-state index in [1.165, 1.54) is 0 Å². The van der Waals surface area contributed by atoms with Crippen LogP contribution in [0.2, 0.25) is 5.02 Å². The lowest BCUT2D eigenvalue weighted by Gasteiger charge is -2.37. The lowest BCUT2D eigenvalue weighted by atomic mass is 9.66. The van der Waals surface area contributed by atoms with Gasteiger partial charge in [-0.2, -0.15) is 4.31 Å². The predicted octanol–water partition coefficient (Wildman–Crippen LogP) is 4.66. The van der Waals surface area contributed by atoms with E-state index in [-0.39, 0.29) is 23.3 Å². The topological polar surface area (TPSA) is 76.0 Å². The van der Waals surface area contributed by atoms with E-state index in [9.17, 15) is 13.2 Å². The molecular weight excluding hydrogens is 460 g/mol. The second kappa shape index (κ2) is 7.93. The minimum atomic E-state index is -3.72. The summed E-state index contributed by atoms with van der Waals surface area (Å²) in [5.74, 6) is -0.655. The average molecular weight is 487 g/mol. The molecule has 2 aromatic rings. The summed E-state index contributed by atoms with van der Waals surface area (Å²) in [7, 11) is -3.72. The molecule has 1 aliphatic carbocycles. The maximum atomic E-state index is 13.6. The van der Waals surface area contributed by atoms with E-state index in [4.69, 9.17) is 16.3 Å². The molecule has 3 atom stereocenters. The molecule has 5 rings (SSSR count). The molecule has 8 heteroatoms. The Labute approximate surface area is 199 Å². The number of sulfonamides is 1. The fraction of sp³-hybridized carbons (Fsp3) is 0.440. The monoisotopic (exact) mass is 486 g/mol. The van der Waals surface area contributed by atoms with Crippen molar-refractivity contribution < 1.29 is 17.9 Å². The Morgan fingerprint density at radius 2 is 2.00 bits per heavy atom. The van der Waals surface area contributed by atoms with Crippen LogP contribution in [0, 0.1) is 18.3 Å². The van der Waals surface area contributed by atoms with Gasteiger partial charge in [-0.3, -0.25) is 9.79 Å². The molecule has 3 aliphatic rings. The molecule has 6 nitrogen and oxygen atoms in total. The van der Waals surface area contributed by atoms with Crippen LogP contribution in [0.1, 0.15) is 37.3 Å². The molecule has 2 heterocycles. The molecule has 33 heavy (non-hydrogen) atoms. The number of nitrogens with zero attached hydrogens (tertiary/aromatic N) is 2. The van der Waals surface area contributed by atoms with E-state index in [0.29, 0.717) is 37.4 Å². The number of benzene rings is 2. The first-order valence-corrected chi connectivity index (χ1v) is 13.1. The van der Waals surface area contributed by atoms with Crippen molar-refractivity contribution >= 4 is 39.5 Å². The standard InChI is InChI=1S/C25H27ClN2O4S/c1-3-32-23(29)21-14-25(21)16-28(33(30,31)19-8-5-17(2)6-9-19)12-4-11-24(25)15-27-22-10-7-18(26)13-20(22)24/h5-10,13,15,21H,3-4,11-12,14,16H2,1-2H3/t21-,24+,25-/m1/s1. The molecular formula is C25H27ClN2O4S. The van der Waals surface area contributed by atoms with Gasteiger partial charge in [-0.25, -0.2) is 8.42 Å². The quantitative estimate of drug-likeness (QED) is 0.589. The molecule has 0 bridgehead atoms. The Bertz CT molecular complexity index is 1240. The van der Waals surface area contributed by atoms with Gasteiger partial charge in [0.15, 0.2) is 0 Å². The smallest absolute Gasteiger partial charge is 0.309 e. The van der Waals surface area contributed by atoms with Gasteiger partial charge in [-0.05, 0) is 69.0 Å². The molecule has 2 fully saturated rings. The summed E-state index contributed by atoms with van der Waals surface area (Å²) in [4.78, 5) is 17.9. The molecule has 2 aromatic carbocycles. The van der Waals surface area contributed by atoms with Gasteiger partial charge in [-0.15, -0.1) is 0 Å². The van der Waals surface area contributed by atoms with Crippen LogP contribution in [0.3, 0.4) is 0 Å². The molecule has 2 spiro atoms.